The van der Waals surface area contributed by atoms with Gasteiger partial charge in [0.05, 0.1) is 22.5 Å². The Balaban J connectivity index is 1.74. The van der Waals surface area contributed by atoms with Crippen LogP contribution in [-0.4, -0.2) is 41.3 Å². The summed E-state index contributed by atoms with van der Waals surface area (Å²) in [4.78, 5) is 14.6. The van der Waals surface area contributed by atoms with E-state index in [-0.39, 0.29) is 28.5 Å². The fraction of sp³-hybridized carbons (Fsp3) is 0.364. The molecular formula is C11H11N3O4S2. The number of anilines is 1. The van der Waals surface area contributed by atoms with E-state index < -0.39 is 14.8 Å². The van der Waals surface area contributed by atoms with Crippen LogP contribution in [-0.2, 0) is 9.84 Å². The highest BCUT2D eigenvalue weighted by Gasteiger charge is 2.42. The van der Waals surface area contributed by atoms with Gasteiger partial charge in [-0.05, 0) is 6.07 Å². The van der Waals surface area contributed by atoms with Gasteiger partial charge in [0.1, 0.15) is 0 Å². The highest BCUT2D eigenvalue weighted by atomic mass is 32.2. The molecule has 9 heteroatoms. The average Bonchev–Trinajstić information content (AvgIpc) is 2.82. The first-order valence-corrected chi connectivity index (χ1v) is 8.59. The average molecular weight is 313 g/mol. The van der Waals surface area contributed by atoms with Gasteiger partial charge in [-0.1, -0.05) is 17.8 Å². The summed E-state index contributed by atoms with van der Waals surface area (Å²) in [5.41, 5.74) is 0.578. The van der Waals surface area contributed by atoms with E-state index in [0.717, 1.165) is 0 Å². The van der Waals surface area contributed by atoms with Crippen molar-refractivity contribution in [1.29, 1.82) is 0 Å². The molecule has 2 aliphatic heterocycles. The molecule has 20 heavy (non-hydrogen) atoms. The smallest absolute Gasteiger partial charge is 0.271 e. The third-order valence-electron chi connectivity index (χ3n) is 3.13. The highest BCUT2D eigenvalue weighted by Crippen LogP contribution is 2.34. The predicted molar refractivity (Wildman–Crippen MR) is 78.0 cm³/mol. The van der Waals surface area contributed by atoms with Crippen LogP contribution >= 0.6 is 11.8 Å². The number of benzene rings is 1. The fourth-order valence-corrected chi connectivity index (χ4v) is 5.91. The molecule has 106 valence electrons. The molecule has 0 unspecified atom stereocenters. The van der Waals surface area contributed by atoms with Crippen LogP contribution in [0.5, 0.6) is 0 Å². The monoisotopic (exact) mass is 313 g/mol. The number of fused-ring (bicyclic) bond motifs is 1. The summed E-state index contributed by atoms with van der Waals surface area (Å²) >= 11 is 1.38. The number of non-ortho nitro benzene ring substituents is 1. The SMILES string of the molecule is O=[N+]([O-])c1cccc(NC2=N[C@@H]3CS(=O)(=O)C[C@H]3S2)c1. The number of nitro groups is 1. The van der Waals surface area contributed by atoms with Crippen LogP contribution in [0.4, 0.5) is 11.4 Å². The second-order valence-corrected chi connectivity index (χ2v) is 8.05. The van der Waals surface area contributed by atoms with Gasteiger partial charge < -0.3 is 5.32 Å². The van der Waals surface area contributed by atoms with Crippen LogP contribution in [0.2, 0.25) is 0 Å². The Morgan fingerprint density at radius 1 is 1.40 bits per heavy atom. The minimum atomic E-state index is -2.96. The molecule has 2 aliphatic rings. The number of thioether (sulfide) groups is 1. The fourth-order valence-electron chi connectivity index (χ4n) is 2.24. The summed E-state index contributed by atoms with van der Waals surface area (Å²) in [7, 11) is -2.96. The molecule has 0 aromatic heterocycles. The van der Waals surface area contributed by atoms with Crippen molar-refractivity contribution in [3.63, 3.8) is 0 Å². The molecule has 3 rings (SSSR count). The molecule has 7 nitrogen and oxygen atoms in total. The number of rotatable bonds is 2. The Morgan fingerprint density at radius 2 is 2.20 bits per heavy atom. The van der Waals surface area contributed by atoms with Gasteiger partial charge in [0.2, 0.25) is 0 Å². The first-order chi connectivity index (χ1) is 9.43. The Kier molecular flexibility index (Phi) is 3.17. The van der Waals surface area contributed by atoms with E-state index in [2.05, 4.69) is 10.3 Å². The van der Waals surface area contributed by atoms with E-state index in [1.165, 1.54) is 23.9 Å². The lowest BCUT2D eigenvalue weighted by Crippen LogP contribution is -2.13. The minimum absolute atomic E-state index is 0.00127. The van der Waals surface area contributed by atoms with Crippen LogP contribution in [0.3, 0.4) is 0 Å². The van der Waals surface area contributed by atoms with Crippen molar-refractivity contribution in [2.24, 2.45) is 4.99 Å². The molecule has 1 fully saturated rings. The van der Waals surface area contributed by atoms with Crippen LogP contribution in [0.15, 0.2) is 29.3 Å². The molecule has 2 heterocycles. The molecule has 0 saturated carbocycles. The number of sulfone groups is 1. The molecule has 1 aromatic rings. The highest BCUT2D eigenvalue weighted by molar-refractivity contribution is 8.15. The number of nitrogens with one attached hydrogen (secondary N) is 1. The minimum Gasteiger partial charge on any atom is -0.335 e. The molecule has 0 aliphatic carbocycles. The van der Waals surface area contributed by atoms with Gasteiger partial charge in [-0.2, -0.15) is 0 Å². The Labute approximate surface area is 119 Å². The van der Waals surface area contributed by atoms with Gasteiger partial charge >= 0.3 is 0 Å². The van der Waals surface area contributed by atoms with E-state index in [0.29, 0.717) is 10.9 Å². The lowest BCUT2D eigenvalue weighted by Gasteiger charge is -2.06. The topological polar surface area (TPSA) is 102 Å². The molecule has 0 amide bonds. The number of aliphatic imine (C=N–C) groups is 1. The van der Waals surface area contributed by atoms with Crippen molar-refractivity contribution >= 4 is 38.1 Å². The second kappa shape index (κ2) is 4.74. The third-order valence-corrected chi connectivity index (χ3v) is 6.27. The zero-order valence-corrected chi connectivity index (χ0v) is 11.9. The van der Waals surface area contributed by atoms with Gasteiger partial charge in [0, 0.05) is 23.1 Å². The van der Waals surface area contributed by atoms with Crippen molar-refractivity contribution in [3.05, 3.63) is 34.4 Å². The molecular weight excluding hydrogens is 302 g/mol. The quantitative estimate of drug-likeness (QED) is 0.652. The number of amidine groups is 1. The van der Waals surface area contributed by atoms with Crippen molar-refractivity contribution in [3.8, 4) is 0 Å². The lowest BCUT2D eigenvalue weighted by atomic mass is 10.3. The number of nitrogens with zero attached hydrogens (tertiary/aromatic N) is 2. The molecule has 0 radical (unpaired) electrons. The molecule has 1 aromatic carbocycles. The summed E-state index contributed by atoms with van der Waals surface area (Å²) < 4.78 is 22.9. The van der Waals surface area contributed by atoms with Crippen molar-refractivity contribution in [2.75, 3.05) is 16.8 Å². The summed E-state index contributed by atoms with van der Waals surface area (Å²) in [6, 6.07) is 5.93. The summed E-state index contributed by atoms with van der Waals surface area (Å²) in [6.45, 7) is 0. The first kappa shape index (κ1) is 13.4. The molecule has 1 saturated heterocycles. The molecule has 2 atom stereocenters. The van der Waals surface area contributed by atoms with Crippen LogP contribution in [0, 0.1) is 10.1 Å². The van der Waals surface area contributed by atoms with E-state index in [4.69, 9.17) is 0 Å². The summed E-state index contributed by atoms with van der Waals surface area (Å²) in [6.07, 6.45) is 0. The Bertz CT molecular complexity index is 701. The van der Waals surface area contributed by atoms with Crippen molar-refractivity contribution < 1.29 is 13.3 Å². The van der Waals surface area contributed by atoms with Crippen molar-refractivity contribution in [2.45, 2.75) is 11.3 Å². The summed E-state index contributed by atoms with van der Waals surface area (Å²) in [5.74, 6) is 0.233. The van der Waals surface area contributed by atoms with Crippen LogP contribution in [0.25, 0.3) is 0 Å². The molecule has 1 N–H and O–H groups in total. The predicted octanol–water partition coefficient (Wildman–Crippen LogP) is 1.28. The summed E-state index contributed by atoms with van der Waals surface area (Å²) in [5, 5.41) is 14.3. The van der Waals surface area contributed by atoms with Gasteiger partial charge in [-0.25, -0.2) is 8.42 Å². The van der Waals surface area contributed by atoms with Crippen molar-refractivity contribution in [1.82, 2.24) is 0 Å². The van der Waals surface area contributed by atoms with E-state index >= 15 is 0 Å². The van der Waals surface area contributed by atoms with E-state index in [1.54, 1.807) is 12.1 Å². The molecule has 0 bridgehead atoms. The second-order valence-electron chi connectivity index (χ2n) is 4.67. The normalized spacial score (nSPS) is 26.9. The van der Waals surface area contributed by atoms with Gasteiger partial charge in [-0.15, -0.1) is 0 Å². The van der Waals surface area contributed by atoms with Gasteiger partial charge in [0.15, 0.2) is 15.0 Å². The number of hydrogen-bond acceptors (Lipinski definition) is 7. The lowest BCUT2D eigenvalue weighted by molar-refractivity contribution is -0.384. The maximum atomic E-state index is 11.5. The van der Waals surface area contributed by atoms with Gasteiger partial charge in [0.25, 0.3) is 5.69 Å². The van der Waals surface area contributed by atoms with E-state index in [9.17, 15) is 18.5 Å². The first-order valence-electron chi connectivity index (χ1n) is 5.89. The Hall–Kier alpha value is -1.61. The molecule has 0 spiro atoms. The standard InChI is InChI=1S/C11H11N3O4S2/c15-14(16)8-3-1-2-7(4-8)12-11-13-9-5-20(17,18)6-10(9)19-11/h1-4,9-10H,5-6H2,(H,12,13)/t9-,10-/m1/s1. The zero-order chi connectivity index (χ0) is 14.3. The van der Waals surface area contributed by atoms with Crippen LogP contribution < -0.4 is 5.32 Å². The third kappa shape index (κ3) is 2.63. The van der Waals surface area contributed by atoms with E-state index in [1.807, 2.05) is 0 Å². The zero-order valence-electron chi connectivity index (χ0n) is 10.2. The van der Waals surface area contributed by atoms with Crippen LogP contribution in [0.1, 0.15) is 0 Å². The van der Waals surface area contributed by atoms with Gasteiger partial charge in [-0.3, -0.25) is 15.1 Å². The number of hydrogen-bond donors (Lipinski definition) is 1. The number of nitro benzene ring substituents is 1. The largest absolute Gasteiger partial charge is 0.335 e. The maximum absolute atomic E-state index is 11.5. The Morgan fingerprint density at radius 3 is 2.90 bits per heavy atom. The maximum Gasteiger partial charge on any atom is 0.271 e.